The molecule has 1 aromatic rings. The number of halogens is 1. The van der Waals surface area contributed by atoms with Gasteiger partial charge in [-0.1, -0.05) is 30.3 Å². The van der Waals surface area contributed by atoms with E-state index >= 15 is 0 Å². The Morgan fingerprint density at radius 2 is 1.79 bits per heavy atom. The molecule has 1 amide bonds. The molecule has 0 aromatic heterocycles. The molecule has 4 nitrogen and oxygen atoms in total. The summed E-state index contributed by atoms with van der Waals surface area (Å²) in [5.74, 6) is -0.809. The third-order valence-electron chi connectivity index (χ3n) is 1.82. The Bertz CT molecular complexity index is 292. The van der Waals surface area contributed by atoms with E-state index in [2.05, 4.69) is 0 Å². The van der Waals surface area contributed by atoms with Gasteiger partial charge in [0.2, 0.25) is 5.91 Å². The van der Waals surface area contributed by atoms with Crippen LogP contribution in [0.1, 0.15) is 11.6 Å². The van der Waals surface area contributed by atoms with Crippen LogP contribution in [0.4, 0.5) is 0 Å². The smallest absolute Gasteiger partial charge is 0.248 e. The molecule has 0 aliphatic heterocycles. The topological polar surface area (TPSA) is 89.3 Å². The van der Waals surface area contributed by atoms with Crippen LogP contribution in [0.25, 0.3) is 0 Å². The summed E-state index contributed by atoms with van der Waals surface area (Å²) in [5, 5.41) is 9.25. The summed E-state index contributed by atoms with van der Waals surface area (Å²) in [6.45, 7) is 0. The first-order valence-electron chi connectivity index (χ1n) is 3.91. The summed E-state index contributed by atoms with van der Waals surface area (Å²) < 4.78 is 0. The number of nitrogens with two attached hydrogens (primary N) is 2. The predicted molar refractivity (Wildman–Crippen MR) is 55.8 cm³/mol. The molecular weight excluding hydrogens is 204 g/mol. The van der Waals surface area contributed by atoms with Crippen LogP contribution in [-0.4, -0.2) is 17.1 Å². The third-order valence-corrected chi connectivity index (χ3v) is 1.82. The maximum atomic E-state index is 10.6. The number of primary amides is 1. The van der Waals surface area contributed by atoms with Gasteiger partial charge in [-0.2, -0.15) is 0 Å². The second-order valence-electron chi connectivity index (χ2n) is 2.78. The highest BCUT2D eigenvalue weighted by Crippen LogP contribution is 2.12. The summed E-state index contributed by atoms with van der Waals surface area (Å²) in [6, 6.07) is 8.10. The van der Waals surface area contributed by atoms with Crippen molar-refractivity contribution in [3.8, 4) is 0 Å². The van der Waals surface area contributed by atoms with Gasteiger partial charge >= 0.3 is 0 Å². The molecule has 0 unspecified atom stereocenters. The van der Waals surface area contributed by atoms with Crippen molar-refractivity contribution in [1.29, 1.82) is 0 Å². The molecule has 5 N–H and O–H groups in total. The van der Waals surface area contributed by atoms with Crippen molar-refractivity contribution in [3.63, 3.8) is 0 Å². The van der Waals surface area contributed by atoms with Crippen molar-refractivity contribution in [2.45, 2.75) is 12.1 Å². The SMILES string of the molecule is Cl.NC(=O)[C@H](O)[C@@H](N)c1ccccc1. The molecule has 0 saturated carbocycles. The van der Waals surface area contributed by atoms with Crippen molar-refractivity contribution < 1.29 is 9.90 Å². The molecule has 0 aliphatic carbocycles. The van der Waals surface area contributed by atoms with Crippen molar-refractivity contribution in [1.82, 2.24) is 0 Å². The summed E-state index contributed by atoms with van der Waals surface area (Å²) in [6.07, 6.45) is -1.33. The van der Waals surface area contributed by atoms with Crippen LogP contribution in [0.2, 0.25) is 0 Å². The fourth-order valence-electron chi connectivity index (χ4n) is 1.03. The van der Waals surface area contributed by atoms with Crippen LogP contribution in [0.5, 0.6) is 0 Å². The minimum Gasteiger partial charge on any atom is -0.381 e. The van der Waals surface area contributed by atoms with Gasteiger partial charge in [0, 0.05) is 0 Å². The van der Waals surface area contributed by atoms with Gasteiger partial charge in [0.1, 0.15) is 0 Å². The van der Waals surface area contributed by atoms with Gasteiger partial charge in [0.15, 0.2) is 6.10 Å². The van der Waals surface area contributed by atoms with Crippen molar-refractivity contribution in [2.24, 2.45) is 11.5 Å². The number of hydrogen-bond acceptors (Lipinski definition) is 3. The summed E-state index contributed by atoms with van der Waals surface area (Å²) >= 11 is 0. The Kier molecular flexibility index (Phi) is 5.15. The molecule has 78 valence electrons. The van der Waals surface area contributed by atoms with Crippen LogP contribution < -0.4 is 11.5 Å². The second-order valence-corrected chi connectivity index (χ2v) is 2.78. The van der Waals surface area contributed by atoms with E-state index in [4.69, 9.17) is 11.5 Å². The van der Waals surface area contributed by atoms with Crippen LogP contribution in [-0.2, 0) is 4.79 Å². The Hall–Kier alpha value is -1.10. The number of aliphatic hydroxyl groups is 1. The molecule has 2 atom stereocenters. The third kappa shape index (κ3) is 2.99. The fourth-order valence-corrected chi connectivity index (χ4v) is 1.03. The summed E-state index contributed by atoms with van der Waals surface area (Å²) in [7, 11) is 0. The van der Waals surface area contributed by atoms with Crippen molar-refractivity contribution in [2.75, 3.05) is 0 Å². The zero-order valence-corrected chi connectivity index (χ0v) is 8.28. The largest absolute Gasteiger partial charge is 0.381 e. The molecule has 0 saturated heterocycles. The predicted octanol–water partition coefficient (Wildman–Crippen LogP) is -0.0456. The number of carbonyl (C=O) groups excluding carboxylic acids is 1. The average molecular weight is 217 g/mol. The van der Waals surface area contributed by atoms with Crippen molar-refractivity contribution in [3.05, 3.63) is 35.9 Å². The first-order chi connectivity index (χ1) is 6.13. The standard InChI is InChI=1S/C9H12N2O2.ClH/c10-7(8(12)9(11)13)6-4-2-1-3-5-6;/h1-5,7-8,12H,10H2,(H2,11,13);1H/t7-,8+;/m0./s1. The number of hydrogen-bond donors (Lipinski definition) is 3. The summed E-state index contributed by atoms with van der Waals surface area (Å²) in [5.41, 5.74) is 11.2. The lowest BCUT2D eigenvalue weighted by Crippen LogP contribution is -2.37. The molecular formula is C9H13ClN2O2. The molecule has 0 radical (unpaired) electrons. The number of aliphatic hydroxyl groups excluding tert-OH is 1. The Morgan fingerprint density at radius 3 is 2.21 bits per heavy atom. The van der Waals surface area contributed by atoms with Gasteiger partial charge < -0.3 is 16.6 Å². The highest BCUT2D eigenvalue weighted by Gasteiger charge is 2.21. The van der Waals surface area contributed by atoms with E-state index in [1.165, 1.54) is 0 Å². The van der Waals surface area contributed by atoms with Gasteiger partial charge in [-0.3, -0.25) is 4.79 Å². The molecule has 0 fully saturated rings. The number of amides is 1. The first-order valence-corrected chi connectivity index (χ1v) is 3.91. The van der Waals surface area contributed by atoms with E-state index < -0.39 is 18.1 Å². The molecule has 0 bridgehead atoms. The monoisotopic (exact) mass is 216 g/mol. The highest BCUT2D eigenvalue weighted by atomic mass is 35.5. The second kappa shape index (κ2) is 5.59. The zero-order chi connectivity index (χ0) is 9.84. The highest BCUT2D eigenvalue weighted by molar-refractivity contribution is 5.85. The van der Waals surface area contributed by atoms with Gasteiger partial charge in [-0.15, -0.1) is 12.4 Å². The van der Waals surface area contributed by atoms with Gasteiger partial charge in [0.25, 0.3) is 0 Å². The van der Waals surface area contributed by atoms with Crippen LogP contribution in [0, 0.1) is 0 Å². The van der Waals surface area contributed by atoms with Crippen LogP contribution in [0.3, 0.4) is 0 Å². The Labute approximate surface area is 88.3 Å². The van der Waals surface area contributed by atoms with E-state index in [1.54, 1.807) is 24.3 Å². The maximum Gasteiger partial charge on any atom is 0.248 e. The molecule has 14 heavy (non-hydrogen) atoms. The minimum absolute atomic E-state index is 0. The molecule has 1 aromatic carbocycles. The maximum absolute atomic E-state index is 10.6. The fraction of sp³-hybridized carbons (Fsp3) is 0.222. The van der Waals surface area contributed by atoms with Crippen molar-refractivity contribution >= 4 is 18.3 Å². The van der Waals surface area contributed by atoms with E-state index in [0.717, 1.165) is 0 Å². The van der Waals surface area contributed by atoms with Gasteiger partial charge in [-0.25, -0.2) is 0 Å². The lowest BCUT2D eigenvalue weighted by molar-refractivity contribution is -0.127. The number of rotatable bonds is 3. The lowest BCUT2D eigenvalue weighted by atomic mass is 10.0. The molecule has 5 heteroatoms. The quantitative estimate of drug-likeness (QED) is 0.662. The zero-order valence-electron chi connectivity index (χ0n) is 7.46. The minimum atomic E-state index is -1.33. The summed E-state index contributed by atoms with van der Waals surface area (Å²) in [4.78, 5) is 10.6. The van der Waals surface area contributed by atoms with Crippen LogP contribution in [0.15, 0.2) is 30.3 Å². The normalized spacial score (nSPS) is 13.9. The Balaban J connectivity index is 0.00000169. The van der Waals surface area contributed by atoms with E-state index in [0.29, 0.717) is 5.56 Å². The average Bonchev–Trinajstić information content (AvgIpc) is 2.17. The van der Waals surface area contributed by atoms with Crippen LogP contribution >= 0.6 is 12.4 Å². The molecule has 1 rings (SSSR count). The first kappa shape index (κ1) is 12.9. The molecule has 0 aliphatic rings. The molecule has 0 heterocycles. The lowest BCUT2D eigenvalue weighted by Gasteiger charge is -2.15. The number of benzene rings is 1. The van der Waals surface area contributed by atoms with E-state index in [1.807, 2.05) is 6.07 Å². The van der Waals surface area contributed by atoms with E-state index in [9.17, 15) is 9.90 Å². The Morgan fingerprint density at radius 1 is 1.29 bits per heavy atom. The van der Waals surface area contributed by atoms with Gasteiger partial charge in [0.05, 0.1) is 6.04 Å². The van der Waals surface area contributed by atoms with E-state index in [-0.39, 0.29) is 12.4 Å². The number of carbonyl (C=O) groups is 1. The van der Waals surface area contributed by atoms with Gasteiger partial charge in [-0.05, 0) is 5.56 Å². The molecule has 0 spiro atoms.